The number of carbonyl (C=O) groups is 3. The Hall–Kier alpha value is -0.890. The molecule has 136 valence electrons. The van der Waals surface area contributed by atoms with Crippen LogP contribution in [0.1, 0.15) is 34.6 Å². The summed E-state index contributed by atoms with van der Waals surface area (Å²) >= 11 is 13.1. The molecule has 0 aromatic heterocycles. The topological polar surface area (TPSA) is 51.2 Å². The third-order valence-electron chi connectivity index (χ3n) is 2.97. The highest BCUT2D eigenvalue weighted by molar-refractivity contribution is 9.11. The first-order chi connectivity index (χ1) is 12.1. The van der Waals surface area contributed by atoms with Crippen LogP contribution in [0.25, 0.3) is 0 Å². The summed E-state index contributed by atoms with van der Waals surface area (Å²) < 4.78 is 3.30. The summed E-state index contributed by atoms with van der Waals surface area (Å²) in [5.41, 5.74) is 1.24. The molecule has 0 aliphatic carbocycles. The van der Waals surface area contributed by atoms with Crippen molar-refractivity contribution in [1.29, 1.82) is 0 Å². The van der Waals surface area contributed by atoms with Gasteiger partial charge in [-0.2, -0.15) is 0 Å². The van der Waals surface area contributed by atoms with Crippen molar-refractivity contribution < 1.29 is 14.4 Å². The fraction of sp³-hybridized carbons (Fsp3) is 0.105. The summed E-state index contributed by atoms with van der Waals surface area (Å²) in [5.74, 6) is -0.272. The molecule has 0 atom stereocenters. The Labute approximate surface area is 185 Å². The van der Waals surface area contributed by atoms with Crippen LogP contribution < -0.4 is 0 Å². The van der Waals surface area contributed by atoms with E-state index in [-0.39, 0.29) is 17.3 Å². The SMILES string of the molecule is CC(=O)/C=C/C(=O)c1cc(Br)ccc1Br.CC(=O)c1cc(Br)ccc1Br. The number of hydrogen-bond acceptors (Lipinski definition) is 3. The lowest BCUT2D eigenvalue weighted by Crippen LogP contribution is -1.97. The van der Waals surface area contributed by atoms with E-state index in [1.54, 1.807) is 25.1 Å². The van der Waals surface area contributed by atoms with Gasteiger partial charge in [-0.1, -0.05) is 63.7 Å². The Bertz CT molecular complexity index is 873. The molecule has 0 unspecified atom stereocenters. The van der Waals surface area contributed by atoms with Crippen molar-refractivity contribution in [1.82, 2.24) is 0 Å². The Morgan fingerprint density at radius 3 is 1.62 bits per heavy atom. The number of rotatable bonds is 4. The highest BCUT2D eigenvalue weighted by atomic mass is 79.9. The zero-order valence-electron chi connectivity index (χ0n) is 13.9. The minimum atomic E-state index is -0.196. The molecular formula is C19H14Br4O3. The van der Waals surface area contributed by atoms with Gasteiger partial charge in [-0.25, -0.2) is 0 Å². The highest BCUT2D eigenvalue weighted by Gasteiger charge is 2.07. The van der Waals surface area contributed by atoms with E-state index in [4.69, 9.17) is 0 Å². The van der Waals surface area contributed by atoms with Crippen LogP contribution in [0.5, 0.6) is 0 Å². The molecular weight excluding hydrogens is 596 g/mol. The molecule has 0 aliphatic heterocycles. The second kappa shape index (κ2) is 11.1. The lowest BCUT2D eigenvalue weighted by molar-refractivity contribution is -0.112. The van der Waals surface area contributed by atoms with Crippen LogP contribution in [0.15, 0.2) is 66.4 Å². The maximum Gasteiger partial charge on any atom is 0.187 e. The normalized spacial score (nSPS) is 10.2. The summed E-state index contributed by atoms with van der Waals surface area (Å²) in [6.07, 6.45) is 2.53. The molecule has 7 heteroatoms. The standard InChI is InChI=1S/C11H8Br2O2.C8H6Br2O/c1-7(14)2-5-11(15)9-6-8(12)3-4-10(9)13;1-5(11)7-4-6(9)2-3-8(7)10/h2-6H,1H3;2-4H,1H3/b5-2+;. The quantitative estimate of drug-likeness (QED) is 0.278. The van der Waals surface area contributed by atoms with Crippen molar-refractivity contribution in [2.45, 2.75) is 13.8 Å². The molecule has 0 bridgehead atoms. The van der Waals surface area contributed by atoms with E-state index in [9.17, 15) is 14.4 Å². The van der Waals surface area contributed by atoms with E-state index in [0.29, 0.717) is 15.6 Å². The number of Topliss-reactive ketones (excluding diaryl/α,β-unsaturated/α-hetero) is 1. The average Bonchev–Trinajstić information content (AvgIpc) is 2.57. The maximum atomic E-state index is 11.6. The molecule has 0 amide bonds. The molecule has 2 rings (SSSR count). The van der Waals surface area contributed by atoms with Crippen molar-refractivity contribution in [3.8, 4) is 0 Å². The minimum absolute atomic E-state index is 0.0678. The first kappa shape index (κ1) is 23.1. The minimum Gasteiger partial charge on any atom is -0.295 e. The summed E-state index contributed by atoms with van der Waals surface area (Å²) in [5, 5.41) is 0. The average molecular weight is 610 g/mol. The fourth-order valence-electron chi connectivity index (χ4n) is 1.74. The van der Waals surface area contributed by atoms with Crippen molar-refractivity contribution >= 4 is 81.1 Å². The van der Waals surface area contributed by atoms with Gasteiger partial charge < -0.3 is 0 Å². The monoisotopic (exact) mass is 606 g/mol. The first-order valence-electron chi connectivity index (χ1n) is 7.26. The summed E-state index contributed by atoms with van der Waals surface area (Å²) in [6.45, 7) is 2.95. The summed E-state index contributed by atoms with van der Waals surface area (Å²) in [7, 11) is 0. The second-order valence-corrected chi connectivity index (χ2v) is 8.65. The van der Waals surface area contributed by atoms with Gasteiger partial charge in [-0.05, 0) is 62.4 Å². The van der Waals surface area contributed by atoms with Crippen molar-refractivity contribution in [2.24, 2.45) is 0 Å². The van der Waals surface area contributed by atoms with Crippen LogP contribution in [0.4, 0.5) is 0 Å². The van der Waals surface area contributed by atoms with Gasteiger partial charge in [0.1, 0.15) is 0 Å². The lowest BCUT2D eigenvalue weighted by atomic mass is 10.1. The highest BCUT2D eigenvalue weighted by Crippen LogP contribution is 2.22. The molecule has 0 heterocycles. The van der Waals surface area contributed by atoms with Crippen molar-refractivity contribution in [2.75, 3.05) is 0 Å². The number of hydrogen-bond donors (Lipinski definition) is 0. The molecule has 2 aromatic carbocycles. The van der Waals surface area contributed by atoms with Gasteiger partial charge in [-0.3, -0.25) is 14.4 Å². The number of halogens is 4. The van der Waals surface area contributed by atoms with Crippen LogP contribution in [0, 0.1) is 0 Å². The van der Waals surface area contributed by atoms with E-state index in [2.05, 4.69) is 63.7 Å². The zero-order valence-corrected chi connectivity index (χ0v) is 20.2. The van der Waals surface area contributed by atoms with Gasteiger partial charge in [0.05, 0.1) is 0 Å². The molecule has 0 fully saturated rings. The molecule has 26 heavy (non-hydrogen) atoms. The van der Waals surface area contributed by atoms with Crippen LogP contribution in [0.3, 0.4) is 0 Å². The van der Waals surface area contributed by atoms with E-state index >= 15 is 0 Å². The van der Waals surface area contributed by atoms with Gasteiger partial charge in [0.25, 0.3) is 0 Å². The molecule has 0 N–H and O–H groups in total. The molecule has 0 saturated heterocycles. The fourth-order valence-corrected chi connectivity index (χ4v) is 3.43. The van der Waals surface area contributed by atoms with E-state index in [0.717, 1.165) is 13.4 Å². The van der Waals surface area contributed by atoms with Gasteiger partial charge in [-0.15, -0.1) is 0 Å². The zero-order chi connectivity index (χ0) is 19.9. The Morgan fingerprint density at radius 1 is 0.731 bits per heavy atom. The van der Waals surface area contributed by atoms with E-state index in [1.165, 1.54) is 19.1 Å². The number of benzene rings is 2. The van der Waals surface area contributed by atoms with Crippen LogP contribution in [-0.4, -0.2) is 17.3 Å². The predicted molar refractivity (Wildman–Crippen MR) is 118 cm³/mol. The molecule has 2 aromatic rings. The van der Waals surface area contributed by atoms with E-state index in [1.807, 2.05) is 18.2 Å². The second-order valence-electron chi connectivity index (χ2n) is 5.11. The Kier molecular flexibility index (Phi) is 9.85. The Balaban J connectivity index is 0.000000273. The molecule has 0 saturated carbocycles. The van der Waals surface area contributed by atoms with Gasteiger partial charge >= 0.3 is 0 Å². The third-order valence-corrected chi connectivity index (χ3v) is 5.34. The Morgan fingerprint density at radius 2 is 1.19 bits per heavy atom. The van der Waals surface area contributed by atoms with Gasteiger partial charge in [0.15, 0.2) is 17.3 Å². The van der Waals surface area contributed by atoms with Crippen LogP contribution >= 0.6 is 63.7 Å². The molecule has 3 nitrogen and oxygen atoms in total. The molecule has 0 spiro atoms. The van der Waals surface area contributed by atoms with Crippen molar-refractivity contribution in [3.63, 3.8) is 0 Å². The molecule has 0 aliphatic rings. The maximum absolute atomic E-state index is 11.6. The number of ketones is 3. The van der Waals surface area contributed by atoms with Crippen LogP contribution in [0.2, 0.25) is 0 Å². The number of allylic oxidation sites excluding steroid dienone is 2. The lowest BCUT2D eigenvalue weighted by Gasteiger charge is -2.00. The first-order valence-corrected chi connectivity index (χ1v) is 10.4. The van der Waals surface area contributed by atoms with Gasteiger partial charge in [0, 0.05) is 29.0 Å². The molecule has 0 radical (unpaired) electrons. The smallest absolute Gasteiger partial charge is 0.187 e. The number of carbonyl (C=O) groups excluding carboxylic acids is 3. The largest absolute Gasteiger partial charge is 0.295 e. The summed E-state index contributed by atoms with van der Waals surface area (Å²) in [4.78, 5) is 33.3. The summed E-state index contributed by atoms with van der Waals surface area (Å²) in [6, 6.07) is 10.8. The van der Waals surface area contributed by atoms with Crippen LogP contribution in [-0.2, 0) is 4.79 Å². The van der Waals surface area contributed by atoms with E-state index < -0.39 is 0 Å². The third kappa shape index (κ3) is 7.78. The van der Waals surface area contributed by atoms with Crippen molar-refractivity contribution in [3.05, 3.63) is 77.6 Å². The van der Waals surface area contributed by atoms with Gasteiger partial charge in [0.2, 0.25) is 0 Å². The predicted octanol–water partition coefficient (Wildman–Crippen LogP) is 6.95.